The molecule has 0 heterocycles. The predicted molar refractivity (Wildman–Crippen MR) is 74.6 cm³/mol. The van der Waals surface area contributed by atoms with Crippen LogP contribution in [0.2, 0.25) is 0 Å². The second-order valence-electron chi connectivity index (χ2n) is 4.57. The summed E-state index contributed by atoms with van der Waals surface area (Å²) in [6, 6.07) is 10.1. The average molecular weight is 251 g/mol. The van der Waals surface area contributed by atoms with Crippen LogP contribution in [-0.2, 0) is 10.3 Å². The summed E-state index contributed by atoms with van der Waals surface area (Å²) in [7, 11) is 1.88. The Morgan fingerprint density at radius 1 is 1.22 bits per heavy atom. The van der Waals surface area contributed by atoms with Gasteiger partial charge in [-0.05, 0) is 25.5 Å². The van der Waals surface area contributed by atoms with Crippen LogP contribution in [0.3, 0.4) is 0 Å². The Balaban J connectivity index is 2.58. The second-order valence-corrected chi connectivity index (χ2v) is 4.57. The highest BCUT2D eigenvalue weighted by atomic mass is 16.5. The molecule has 0 aliphatic heterocycles. The molecule has 0 radical (unpaired) electrons. The Hall–Kier alpha value is -0.900. The van der Waals surface area contributed by atoms with Crippen LogP contribution in [0.4, 0.5) is 0 Å². The molecule has 1 aromatic rings. The van der Waals surface area contributed by atoms with E-state index in [1.54, 1.807) is 0 Å². The van der Waals surface area contributed by atoms with E-state index in [9.17, 15) is 5.11 Å². The maximum atomic E-state index is 9.71. The monoisotopic (exact) mass is 251 g/mol. The molecule has 102 valence electrons. The SMILES string of the molecule is CCCCOCCC(CO)(NC)c1ccccc1. The van der Waals surface area contributed by atoms with Gasteiger partial charge < -0.3 is 15.2 Å². The minimum Gasteiger partial charge on any atom is -0.394 e. The third-order valence-corrected chi connectivity index (χ3v) is 3.39. The van der Waals surface area contributed by atoms with Crippen molar-refractivity contribution in [2.45, 2.75) is 31.7 Å². The van der Waals surface area contributed by atoms with Gasteiger partial charge in [-0.3, -0.25) is 0 Å². The molecule has 0 saturated carbocycles. The van der Waals surface area contributed by atoms with Crippen LogP contribution in [0.25, 0.3) is 0 Å². The van der Waals surface area contributed by atoms with Gasteiger partial charge in [0.25, 0.3) is 0 Å². The largest absolute Gasteiger partial charge is 0.394 e. The minimum atomic E-state index is -0.395. The average Bonchev–Trinajstić information content (AvgIpc) is 2.44. The molecule has 0 bridgehead atoms. The number of hydrogen-bond donors (Lipinski definition) is 2. The molecule has 1 rings (SSSR count). The van der Waals surface area contributed by atoms with Crippen molar-refractivity contribution in [3.63, 3.8) is 0 Å². The van der Waals surface area contributed by atoms with E-state index >= 15 is 0 Å². The van der Waals surface area contributed by atoms with Gasteiger partial charge in [-0.2, -0.15) is 0 Å². The number of likely N-dealkylation sites (N-methyl/N-ethyl adjacent to an activating group) is 1. The van der Waals surface area contributed by atoms with Crippen molar-refractivity contribution in [3.05, 3.63) is 35.9 Å². The van der Waals surface area contributed by atoms with E-state index < -0.39 is 5.54 Å². The third kappa shape index (κ3) is 4.09. The highest BCUT2D eigenvalue weighted by Gasteiger charge is 2.29. The lowest BCUT2D eigenvalue weighted by Crippen LogP contribution is -2.44. The molecule has 1 aromatic carbocycles. The lowest BCUT2D eigenvalue weighted by molar-refractivity contribution is 0.0808. The van der Waals surface area contributed by atoms with Crippen LogP contribution in [0.1, 0.15) is 31.7 Å². The second kappa shape index (κ2) is 8.25. The van der Waals surface area contributed by atoms with E-state index in [-0.39, 0.29) is 6.61 Å². The van der Waals surface area contributed by atoms with Crippen molar-refractivity contribution in [2.24, 2.45) is 0 Å². The summed E-state index contributed by atoms with van der Waals surface area (Å²) in [6.07, 6.45) is 3.01. The fourth-order valence-corrected chi connectivity index (χ4v) is 2.02. The Morgan fingerprint density at radius 2 is 1.94 bits per heavy atom. The number of hydrogen-bond acceptors (Lipinski definition) is 3. The normalized spacial score (nSPS) is 14.4. The molecule has 18 heavy (non-hydrogen) atoms. The summed E-state index contributed by atoms with van der Waals surface area (Å²) in [5.41, 5.74) is 0.710. The quantitative estimate of drug-likeness (QED) is 0.662. The molecule has 1 unspecified atom stereocenters. The highest BCUT2D eigenvalue weighted by molar-refractivity contribution is 5.24. The maximum absolute atomic E-state index is 9.71. The number of benzene rings is 1. The molecule has 1 atom stereocenters. The molecule has 0 amide bonds. The zero-order chi connectivity index (χ0) is 13.3. The molecule has 0 saturated heterocycles. The van der Waals surface area contributed by atoms with Gasteiger partial charge in [0.15, 0.2) is 0 Å². The van der Waals surface area contributed by atoms with Crippen LogP contribution in [0.15, 0.2) is 30.3 Å². The number of aliphatic hydroxyl groups excluding tert-OH is 1. The van der Waals surface area contributed by atoms with E-state index in [0.29, 0.717) is 6.61 Å². The van der Waals surface area contributed by atoms with E-state index in [2.05, 4.69) is 12.2 Å². The van der Waals surface area contributed by atoms with Gasteiger partial charge in [-0.1, -0.05) is 43.7 Å². The number of ether oxygens (including phenoxy) is 1. The number of nitrogens with one attached hydrogen (secondary N) is 1. The third-order valence-electron chi connectivity index (χ3n) is 3.39. The summed E-state index contributed by atoms with van der Waals surface area (Å²) in [4.78, 5) is 0. The lowest BCUT2D eigenvalue weighted by atomic mass is 9.88. The van der Waals surface area contributed by atoms with E-state index in [1.807, 2.05) is 37.4 Å². The van der Waals surface area contributed by atoms with E-state index in [1.165, 1.54) is 0 Å². The fraction of sp³-hybridized carbons (Fsp3) is 0.600. The first-order valence-electron chi connectivity index (χ1n) is 6.72. The van der Waals surface area contributed by atoms with Crippen molar-refractivity contribution < 1.29 is 9.84 Å². The van der Waals surface area contributed by atoms with Crippen molar-refractivity contribution in [3.8, 4) is 0 Å². The summed E-state index contributed by atoms with van der Waals surface area (Å²) < 4.78 is 5.60. The van der Waals surface area contributed by atoms with Crippen molar-refractivity contribution in [1.82, 2.24) is 5.32 Å². The molecule has 3 heteroatoms. The zero-order valence-electron chi connectivity index (χ0n) is 11.5. The maximum Gasteiger partial charge on any atom is 0.0688 e. The molecule has 0 aliphatic carbocycles. The smallest absolute Gasteiger partial charge is 0.0688 e. The summed E-state index contributed by atoms with van der Waals surface area (Å²) in [6.45, 7) is 3.69. The van der Waals surface area contributed by atoms with E-state index in [0.717, 1.165) is 31.4 Å². The number of rotatable bonds is 9. The van der Waals surface area contributed by atoms with Crippen LogP contribution in [-0.4, -0.2) is 32.0 Å². The van der Waals surface area contributed by atoms with Gasteiger partial charge in [0, 0.05) is 13.2 Å². The van der Waals surface area contributed by atoms with Gasteiger partial charge >= 0.3 is 0 Å². The first-order valence-corrected chi connectivity index (χ1v) is 6.72. The number of unbranched alkanes of at least 4 members (excludes halogenated alkanes) is 1. The Kier molecular flexibility index (Phi) is 6.94. The Labute approximate surface area is 110 Å². The topological polar surface area (TPSA) is 41.5 Å². The van der Waals surface area contributed by atoms with Crippen molar-refractivity contribution >= 4 is 0 Å². The van der Waals surface area contributed by atoms with Gasteiger partial charge in [0.05, 0.1) is 12.1 Å². The Morgan fingerprint density at radius 3 is 2.50 bits per heavy atom. The molecule has 2 N–H and O–H groups in total. The fourth-order valence-electron chi connectivity index (χ4n) is 2.02. The molecule has 0 spiro atoms. The predicted octanol–water partition coefficient (Wildman–Crippen LogP) is 2.30. The zero-order valence-corrected chi connectivity index (χ0v) is 11.5. The van der Waals surface area contributed by atoms with Gasteiger partial charge in [-0.15, -0.1) is 0 Å². The molecule has 0 fully saturated rings. The first kappa shape index (κ1) is 15.2. The Bertz CT molecular complexity index is 310. The number of aliphatic hydroxyl groups is 1. The lowest BCUT2D eigenvalue weighted by Gasteiger charge is -2.32. The van der Waals surface area contributed by atoms with Crippen LogP contribution < -0.4 is 5.32 Å². The van der Waals surface area contributed by atoms with Crippen LogP contribution in [0, 0.1) is 0 Å². The van der Waals surface area contributed by atoms with Gasteiger partial charge in [-0.25, -0.2) is 0 Å². The van der Waals surface area contributed by atoms with Crippen molar-refractivity contribution in [2.75, 3.05) is 26.9 Å². The summed E-state index contributed by atoms with van der Waals surface area (Å²) >= 11 is 0. The minimum absolute atomic E-state index is 0.0741. The van der Waals surface area contributed by atoms with Crippen LogP contribution >= 0.6 is 0 Å². The first-order chi connectivity index (χ1) is 8.79. The van der Waals surface area contributed by atoms with Crippen LogP contribution in [0.5, 0.6) is 0 Å². The summed E-state index contributed by atoms with van der Waals surface area (Å²) in [5, 5.41) is 13.0. The molecular weight excluding hydrogens is 226 g/mol. The molecular formula is C15H25NO2. The van der Waals surface area contributed by atoms with Crippen molar-refractivity contribution in [1.29, 1.82) is 0 Å². The molecule has 0 aromatic heterocycles. The molecule has 0 aliphatic rings. The molecule has 3 nitrogen and oxygen atoms in total. The summed E-state index contributed by atoms with van der Waals surface area (Å²) in [5.74, 6) is 0. The van der Waals surface area contributed by atoms with Gasteiger partial charge in [0.2, 0.25) is 0 Å². The van der Waals surface area contributed by atoms with E-state index in [4.69, 9.17) is 4.74 Å². The van der Waals surface area contributed by atoms with Gasteiger partial charge in [0.1, 0.15) is 0 Å². The standard InChI is InChI=1S/C15H25NO2/c1-3-4-11-18-12-10-15(13-17,16-2)14-8-6-5-7-9-14/h5-9,16-17H,3-4,10-13H2,1-2H3. The highest BCUT2D eigenvalue weighted by Crippen LogP contribution is 2.24.